The van der Waals surface area contributed by atoms with Gasteiger partial charge < -0.3 is 14.1 Å². The molecule has 2 heterocycles. The van der Waals surface area contributed by atoms with Crippen molar-refractivity contribution >= 4 is 48.4 Å². The molecule has 2 aliphatic heterocycles. The Labute approximate surface area is 160 Å². The van der Waals surface area contributed by atoms with E-state index in [2.05, 4.69) is 40.4 Å². The van der Waals surface area contributed by atoms with Crippen molar-refractivity contribution in [1.82, 2.24) is 4.90 Å². The first-order chi connectivity index (χ1) is 11.5. The quantitative estimate of drug-likeness (QED) is 0.214. The number of thioether (sulfide) groups is 1. The molecule has 0 aromatic rings. The summed E-state index contributed by atoms with van der Waals surface area (Å²) in [5.74, 6) is -0.633. The molecule has 0 saturated carbocycles. The highest BCUT2D eigenvalue weighted by molar-refractivity contribution is 8.24. The minimum absolute atomic E-state index is 0.0308. The van der Waals surface area contributed by atoms with E-state index in [9.17, 15) is 9.59 Å². The van der Waals surface area contributed by atoms with Gasteiger partial charge in [0, 0.05) is 6.61 Å². The Balaban J connectivity index is 1.92. The van der Waals surface area contributed by atoms with Crippen molar-refractivity contribution < 1.29 is 18.8 Å². The molecule has 1 unspecified atom stereocenters. The summed E-state index contributed by atoms with van der Waals surface area (Å²) in [4.78, 5) is 26.2. The largest absolute Gasteiger partial charge is 0.460 e. The molecule has 8 heteroatoms. The number of fused-ring (bicyclic) bond motifs is 1. The third-order valence-corrected chi connectivity index (χ3v) is 11.5. The zero-order chi connectivity index (χ0) is 19.0. The van der Waals surface area contributed by atoms with Gasteiger partial charge in [-0.3, -0.25) is 4.79 Å². The minimum Gasteiger partial charge on any atom is -0.460 e. The Hall–Kier alpha value is -0.703. The third kappa shape index (κ3) is 4.02. The van der Waals surface area contributed by atoms with Crippen LogP contribution < -0.4 is 0 Å². The van der Waals surface area contributed by atoms with Crippen LogP contribution in [0.1, 0.15) is 27.2 Å². The van der Waals surface area contributed by atoms with Crippen LogP contribution in [0.25, 0.3) is 0 Å². The van der Waals surface area contributed by atoms with Gasteiger partial charge in [0.15, 0.2) is 14.4 Å². The number of β-lactam (4-membered cyclic amide) rings is 1. The highest BCUT2D eigenvalue weighted by atomic mass is 32.2. The summed E-state index contributed by atoms with van der Waals surface area (Å²) >= 11 is 6.73. The molecule has 1 amide bonds. The van der Waals surface area contributed by atoms with E-state index in [0.717, 1.165) is 0 Å². The van der Waals surface area contributed by atoms with Gasteiger partial charge in [-0.1, -0.05) is 57.4 Å². The number of hydrogen-bond acceptors (Lipinski definition) is 6. The average Bonchev–Trinajstić information content (AvgIpc) is 2.81. The highest BCUT2D eigenvalue weighted by Gasteiger charge is 2.59. The predicted molar refractivity (Wildman–Crippen MR) is 107 cm³/mol. The van der Waals surface area contributed by atoms with Crippen molar-refractivity contribution in [2.24, 2.45) is 5.92 Å². The van der Waals surface area contributed by atoms with Gasteiger partial charge in [0.1, 0.15) is 6.61 Å². The van der Waals surface area contributed by atoms with Crippen LogP contribution >= 0.6 is 24.0 Å². The van der Waals surface area contributed by atoms with E-state index in [0.29, 0.717) is 17.2 Å². The number of nitrogens with zero attached hydrogens (tertiary/aromatic N) is 1. The molecule has 2 saturated heterocycles. The van der Waals surface area contributed by atoms with Gasteiger partial charge in [-0.15, -0.1) is 0 Å². The Bertz CT molecular complexity index is 588. The second-order valence-electron chi connectivity index (χ2n) is 7.90. The average molecular weight is 402 g/mol. The van der Waals surface area contributed by atoms with Crippen molar-refractivity contribution in [2.75, 3.05) is 13.2 Å². The second-order valence-corrected chi connectivity index (χ2v) is 14.6. The van der Waals surface area contributed by atoms with Crippen LogP contribution in [-0.2, 0) is 18.8 Å². The van der Waals surface area contributed by atoms with Gasteiger partial charge in [0.05, 0.1) is 15.5 Å². The van der Waals surface area contributed by atoms with E-state index in [1.54, 1.807) is 4.90 Å². The first kappa shape index (κ1) is 20.6. The lowest BCUT2D eigenvalue weighted by atomic mass is 9.93. The SMILES string of the molecule is C=CCOC(=O)C1C(=S)S[C@@H]2[C@@H](CCO[Si](C)(C)C(C)(C)C)C(=O)N12. The monoisotopic (exact) mass is 401 g/mol. The van der Waals surface area contributed by atoms with Crippen LogP contribution in [0.5, 0.6) is 0 Å². The van der Waals surface area contributed by atoms with Crippen LogP contribution in [0, 0.1) is 5.92 Å². The zero-order valence-electron chi connectivity index (χ0n) is 15.5. The van der Waals surface area contributed by atoms with Crippen molar-refractivity contribution in [1.29, 1.82) is 0 Å². The molecule has 0 radical (unpaired) electrons. The molecule has 0 aromatic carbocycles. The second kappa shape index (κ2) is 7.50. The number of carbonyl (C=O) groups is 2. The molecular formula is C17H27NO4S2Si. The Kier molecular flexibility index (Phi) is 6.18. The van der Waals surface area contributed by atoms with E-state index in [1.165, 1.54) is 17.8 Å². The molecule has 2 rings (SSSR count). The van der Waals surface area contributed by atoms with Crippen molar-refractivity contribution in [3.63, 3.8) is 0 Å². The van der Waals surface area contributed by atoms with Crippen LogP contribution in [0.3, 0.4) is 0 Å². The van der Waals surface area contributed by atoms with Crippen molar-refractivity contribution in [2.45, 2.75) is 56.7 Å². The number of ether oxygens (including phenoxy) is 1. The van der Waals surface area contributed by atoms with Gasteiger partial charge in [-0.25, -0.2) is 4.79 Å². The summed E-state index contributed by atoms with van der Waals surface area (Å²) in [5, 5.41) is 0.0797. The van der Waals surface area contributed by atoms with E-state index >= 15 is 0 Å². The normalized spacial score (nSPS) is 26.3. The smallest absolute Gasteiger partial charge is 0.335 e. The molecule has 5 nitrogen and oxygen atoms in total. The first-order valence-corrected chi connectivity index (χ1v) is 12.6. The van der Waals surface area contributed by atoms with Crippen LogP contribution in [0.2, 0.25) is 18.1 Å². The highest BCUT2D eigenvalue weighted by Crippen LogP contribution is 2.47. The molecule has 140 valence electrons. The Morgan fingerprint density at radius 3 is 2.64 bits per heavy atom. The van der Waals surface area contributed by atoms with Gasteiger partial charge in [-0.05, 0) is 24.6 Å². The van der Waals surface area contributed by atoms with Gasteiger partial charge >= 0.3 is 5.97 Å². The number of hydrogen-bond donors (Lipinski definition) is 0. The standard InChI is InChI=1S/C17H27NO4S2Si/c1-7-9-21-15(20)12-16(23)24-14-11(13(19)18(12)14)8-10-22-25(5,6)17(2,3)4/h7,11-12,14H,1,8-10H2,2-6H3/t11-,12?,14+/m0/s1. The maximum absolute atomic E-state index is 12.5. The molecule has 2 aliphatic rings. The topological polar surface area (TPSA) is 55.8 Å². The number of rotatable bonds is 7. The third-order valence-electron chi connectivity index (χ3n) is 5.19. The summed E-state index contributed by atoms with van der Waals surface area (Å²) in [5.41, 5.74) is 0. The lowest BCUT2D eigenvalue weighted by molar-refractivity contribution is -0.162. The fourth-order valence-corrected chi connectivity index (χ4v) is 5.51. The van der Waals surface area contributed by atoms with Crippen molar-refractivity contribution in [3.8, 4) is 0 Å². The van der Waals surface area contributed by atoms with E-state index in [1.807, 2.05) is 0 Å². The maximum Gasteiger partial charge on any atom is 0.335 e. The van der Waals surface area contributed by atoms with Crippen LogP contribution in [0.15, 0.2) is 12.7 Å². The number of carbonyl (C=O) groups excluding carboxylic acids is 2. The van der Waals surface area contributed by atoms with Crippen molar-refractivity contribution in [3.05, 3.63) is 12.7 Å². The van der Waals surface area contributed by atoms with Gasteiger partial charge in [0.2, 0.25) is 5.91 Å². The molecule has 2 fully saturated rings. The van der Waals surface area contributed by atoms with Crippen LogP contribution in [0.4, 0.5) is 0 Å². The fourth-order valence-electron chi connectivity index (χ4n) is 2.61. The Morgan fingerprint density at radius 1 is 1.44 bits per heavy atom. The summed E-state index contributed by atoms with van der Waals surface area (Å²) < 4.78 is 11.8. The van der Waals surface area contributed by atoms with Crippen LogP contribution in [-0.4, -0.2) is 53.9 Å². The van der Waals surface area contributed by atoms with E-state index in [4.69, 9.17) is 21.4 Å². The Morgan fingerprint density at radius 2 is 2.08 bits per heavy atom. The first-order valence-electron chi connectivity index (χ1n) is 8.45. The number of thiocarbonyl (C=S) groups is 1. The van der Waals surface area contributed by atoms with Gasteiger partial charge in [-0.2, -0.15) is 0 Å². The molecule has 3 atom stereocenters. The fraction of sp³-hybridized carbons (Fsp3) is 0.706. The molecule has 25 heavy (non-hydrogen) atoms. The lowest BCUT2D eigenvalue weighted by Crippen LogP contribution is -2.62. The molecule has 0 spiro atoms. The number of amides is 1. The number of esters is 1. The van der Waals surface area contributed by atoms with Gasteiger partial charge in [0.25, 0.3) is 0 Å². The van der Waals surface area contributed by atoms with E-state index in [-0.39, 0.29) is 28.8 Å². The van der Waals surface area contributed by atoms with E-state index < -0.39 is 20.3 Å². The molecule has 0 N–H and O–H groups in total. The zero-order valence-corrected chi connectivity index (χ0v) is 18.2. The lowest BCUT2D eigenvalue weighted by Gasteiger charge is -2.44. The molecular weight excluding hydrogens is 374 g/mol. The molecule has 0 bridgehead atoms. The minimum atomic E-state index is -1.82. The predicted octanol–water partition coefficient (Wildman–Crippen LogP) is 3.35. The maximum atomic E-state index is 12.5. The molecule has 0 aliphatic carbocycles. The summed E-state index contributed by atoms with van der Waals surface area (Å²) in [6, 6.07) is -0.741. The molecule has 0 aromatic heterocycles. The summed E-state index contributed by atoms with van der Waals surface area (Å²) in [7, 11) is -1.82. The summed E-state index contributed by atoms with van der Waals surface area (Å²) in [6.07, 6.45) is 2.16. The summed E-state index contributed by atoms with van der Waals surface area (Å²) in [6.45, 7) is 15.2.